The highest BCUT2D eigenvalue weighted by Gasteiger charge is 2.33. The van der Waals surface area contributed by atoms with Gasteiger partial charge in [0, 0.05) is 18.4 Å². The van der Waals surface area contributed by atoms with Crippen LogP contribution in [-0.4, -0.2) is 31.5 Å². The van der Waals surface area contributed by atoms with Crippen molar-refractivity contribution in [1.29, 1.82) is 0 Å². The molecule has 0 unspecified atom stereocenters. The first-order valence-corrected chi connectivity index (χ1v) is 5.20. The molecule has 1 heterocycles. The number of carbonyl (C=O) groups is 1. The Balaban J connectivity index is 0.000000315. The summed E-state index contributed by atoms with van der Waals surface area (Å²) in [4.78, 5) is 17.6. The number of rotatable bonds is 3. The fourth-order valence-corrected chi connectivity index (χ4v) is 1.11. The van der Waals surface area contributed by atoms with Gasteiger partial charge in [0.1, 0.15) is 6.33 Å². The van der Waals surface area contributed by atoms with Gasteiger partial charge < -0.3 is 5.11 Å². The molecule has 0 radical (unpaired) electrons. The first kappa shape index (κ1) is 15.1. The van der Waals surface area contributed by atoms with Crippen molar-refractivity contribution in [3.05, 3.63) is 24.8 Å². The topological polar surface area (TPSA) is 75.1 Å². The van der Waals surface area contributed by atoms with E-state index in [1.54, 1.807) is 32.3 Å². The highest BCUT2D eigenvalue weighted by molar-refractivity contribution is 6.56. The summed E-state index contributed by atoms with van der Waals surface area (Å²) in [5.41, 5.74) is 0. The van der Waals surface area contributed by atoms with E-state index < -0.39 is 10.4 Å². The molecule has 0 saturated heterocycles. The second-order valence-corrected chi connectivity index (χ2v) is 4.41. The Morgan fingerprint density at radius 1 is 1.38 bits per heavy atom. The molecule has 0 spiro atoms. The van der Waals surface area contributed by atoms with Gasteiger partial charge in [-0.2, -0.15) is 0 Å². The van der Waals surface area contributed by atoms with E-state index in [0.29, 0.717) is 0 Å². The maximum Gasteiger partial charge on any atom is 0.355 e. The van der Waals surface area contributed by atoms with Crippen LogP contribution in [0.15, 0.2) is 24.8 Å². The number of carboxylic acid groups (broad SMARTS) is 1. The summed E-state index contributed by atoms with van der Waals surface area (Å²) in [5.74, 6) is -1.29. The van der Waals surface area contributed by atoms with Crippen molar-refractivity contribution in [3.63, 3.8) is 0 Å². The van der Waals surface area contributed by atoms with Crippen LogP contribution < -0.4 is 5.32 Å². The van der Waals surface area contributed by atoms with Crippen LogP contribution in [0.25, 0.3) is 0 Å². The Kier molecular flexibility index (Phi) is 6.96. The maximum atomic E-state index is 10.2. The molecule has 0 saturated carbocycles. The Bertz CT molecular complexity index is 280. The second-order valence-electron chi connectivity index (χ2n) is 3.08. The van der Waals surface area contributed by atoms with E-state index in [9.17, 15) is 4.79 Å². The third-order valence-electron chi connectivity index (χ3n) is 1.22. The van der Waals surface area contributed by atoms with Crippen LogP contribution in [0.2, 0.25) is 0 Å². The summed E-state index contributed by atoms with van der Waals surface area (Å²) in [6.45, 7) is 3.50. The number of hydrogen-bond acceptors (Lipinski definition) is 4. The zero-order chi connectivity index (χ0) is 12.6. The summed E-state index contributed by atoms with van der Waals surface area (Å²) < 4.78 is -1.87. The molecule has 2 N–H and O–H groups in total. The molecule has 0 aliphatic carbocycles. The summed E-state index contributed by atoms with van der Waals surface area (Å²) in [6.07, 6.45) is 4.88. The van der Waals surface area contributed by atoms with E-state index in [4.69, 9.17) is 28.3 Å². The number of aliphatic carboxylic acids is 1. The molecule has 0 atom stereocenters. The standard InChI is InChI=1S/C5H9Cl2NO2.C4H4N2/c1-3(2)8-5(6,7)4(9)10;1-2-5-4-6-3-1/h3,8H,1-2H3,(H,9,10);1-4H. The van der Waals surface area contributed by atoms with E-state index in [2.05, 4.69) is 15.3 Å². The van der Waals surface area contributed by atoms with Gasteiger partial charge in [0.05, 0.1) is 0 Å². The molecule has 0 bridgehead atoms. The minimum atomic E-state index is -1.87. The molecule has 5 nitrogen and oxygen atoms in total. The van der Waals surface area contributed by atoms with Crippen LogP contribution >= 0.6 is 23.2 Å². The summed E-state index contributed by atoms with van der Waals surface area (Å²) in [6, 6.07) is 1.71. The molecular formula is C9H13Cl2N3O2. The maximum absolute atomic E-state index is 10.2. The number of aromatic nitrogens is 2. The minimum Gasteiger partial charge on any atom is -0.478 e. The van der Waals surface area contributed by atoms with Crippen LogP contribution in [-0.2, 0) is 4.79 Å². The number of nitrogens with zero attached hydrogens (tertiary/aromatic N) is 2. The highest BCUT2D eigenvalue weighted by atomic mass is 35.5. The quantitative estimate of drug-likeness (QED) is 0.643. The lowest BCUT2D eigenvalue weighted by atomic mass is 10.4. The molecule has 7 heteroatoms. The molecule has 1 aromatic rings. The van der Waals surface area contributed by atoms with Gasteiger partial charge in [-0.15, -0.1) is 0 Å². The lowest BCUT2D eigenvalue weighted by Crippen LogP contribution is -2.45. The van der Waals surface area contributed by atoms with Crippen molar-refractivity contribution in [3.8, 4) is 0 Å². The molecular weight excluding hydrogens is 253 g/mol. The van der Waals surface area contributed by atoms with Gasteiger partial charge in [0.25, 0.3) is 4.46 Å². The van der Waals surface area contributed by atoms with Crippen LogP contribution in [0.1, 0.15) is 13.8 Å². The summed E-state index contributed by atoms with van der Waals surface area (Å²) >= 11 is 10.6. The zero-order valence-electron chi connectivity index (χ0n) is 8.89. The molecule has 0 aliphatic heterocycles. The monoisotopic (exact) mass is 265 g/mol. The van der Waals surface area contributed by atoms with Gasteiger partial charge in [-0.25, -0.2) is 14.8 Å². The fourth-order valence-electron chi connectivity index (χ4n) is 0.678. The largest absolute Gasteiger partial charge is 0.478 e. The Morgan fingerprint density at radius 3 is 2.00 bits per heavy atom. The average molecular weight is 266 g/mol. The zero-order valence-corrected chi connectivity index (χ0v) is 10.4. The van der Waals surface area contributed by atoms with Crippen LogP contribution in [0.5, 0.6) is 0 Å². The van der Waals surface area contributed by atoms with Gasteiger partial charge in [-0.3, -0.25) is 5.32 Å². The van der Waals surface area contributed by atoms with Gasteiger partial charge in [-0.1, -0.05) is 23.2 Å². The lowest BCUT2D eigenvalue weighted by Gasteiger charge is -2.18. The molecule has 1 aromatic heterocycles. The van der Waals surface area contributed by atoms with Crippen LogP contribution in [0, 0.1) is 0 Å². The van der Waals surface area contributed by atoms with E-state index >= 15 is 0 Å². The third kappa shape index (κ3) is 7.39. The van der Waals surface area contributed by atoms with Crippen molar-refractivity contribution >= 4 is 29.2 Å². The van der Waals surface area contributed by atoms with Gasteiger partial charge in [0.2, 0.25) is 0 Å². The van der Waals surface area contributed by atoms with Crippen molar-refractivity contribution in [1.82, 2.24) is 15.3 Å². The normalized spacial score (nSPS) is 10.6. The lowest BCUT2D eigenvalue weighted by molar-refractivity contribution is -0.138. The number of halogens is 2. The number of nitrogens with one attached hydrogen (secondary N) is 1. The van der Waals surface area contributed by atoms with E-state index in [-0.39, 0.29) is 6.04 Å². The fraction of sp³-hybridized carbons (Fsp3) is 0.444. The van der Waals surface area contributed by atoms with Gasteiger partial charge in [0.15, 0.2) is 0 Å². The van der Waals surface area contributed by atoms with Crippen molar-refractivity contribution in [2.75, 3.05) is 0 Å². The van der Waals surface area contributed by atoms with Crippen LogP contribution in [0.3, 0.4) is 0 Å². The Labute approximate surface area is 104 Å². The smallest absolute Gasteiger partial charge is 0.355 e. The molecule has 0 aromatic carbocycles. The molecule has 1 rings (SSSR count). The predicted octanol–water partition coefficient (Wildman–Crippen LogP) is 1.68. The summed E-state index contributed by atoms with van der Waals surface area (Å²) in [5, 5.41) is 10.8. The first-order valence-electron chi connectivity index (χ1n) is 4.45. The van der Waals surface area contributed by atoms with Crippen molar-refractivity contribution in [2.24, 2.45) is 0 Å². The highest BCUT2D eigenvalue weighted by Crippen LogP contribution is 2.17. The molecule has 0 amide bonds. The predicted molar refractivity (Wildman–Crippen MR) is 62.4 cm³/mol. The van der Waals surface area contributed by atoms with Crippen molar-refractivity contribution < 1.29 is 9.90 Å². The van der Waals surface area contributed by atoms with Crippen molar-refractivity contribution in [2.45, 2.75) is 24.3 Å². The average Bonchev–Trinajstić information content (AvgIpc) is 2.19. The molecule has 90 valence electrons. The van der Waals surface area contributed by atoms with E-state index in [1.165, 1.54) is 6.33 Å². The SMILES string of the molecule is CC(C)NC(Cl)(Cl)C(=O)O.c1cncnc1. The number of carboxylic acids is 1. The third-order valence-corrected chi connectivity index (χ3v) is 1.76. The summed E-state index contributed by atoms with van der Waals surface area (Å²) in [7, 11) is 0. The molecule has 0 aliphatic rings. The number of hydrogen-bond donors (Lipinski definition) is 2. The van der Waals surface area contributed by atoms with E-state index in [0.717, 1.165) is 0 Å². The Hall–Kier alpha value is -0.910. The van der Waals surface area contributed by atoms with Gasteiger partial charge >= 0.3 is 5.97 Å². The second kappa shape index (κ2) is 7.38. The number of alkyl halides is 2. The van der Waals surface area contributed by atoms with E-state index in [1.807, 2.05) is 0 Å². The molecule has 16 heavy (non-hydrogen) atoms. The van der Waals surface area contributed by atoms with Gasteiger partial charge in [-0.05, 0) is 19.9 Å². The van der Waals surface area contributed by atoms with Crippen LogP contribution in [0.4, 0.5) is 0 Å². The minimum absolute atomic E-state index is 0.0638. The molecule has 0 fully saturated rings. The first-order chi connectivity index (χ1) is 7.36. The Morgan fingerprint density at radius 2 is 1.88 bits per heavy atom.